The first kappa shape index (κ1) is 15.9. The van der Waals surface area contributed by atoms with Crippen molar-refractivity contribution in [3.63, 3.8) is 0 Å². The van der Waals surface area contributed by atoms with Crippen LogP contribution in [-0.2, 0) is 9.53 Å². The molecule has 0 N–H and O–H groups in total. The first-order valence-electron chi connectivity index (χ1n) is 5.34. The highest BCUT2D eigenvalue weighted by Crippen LogP contribution is 2.36. The smallest absolute Gasteiger partial charge is 0.340 e. The molecule has 0 saturated carbocycles. The average Bonchev–Trinajstić information content (AvgIpc) is 2.45. The molecule has 0 spiro atoms. The van der Waals surface area contributed by atoms with Gasteiger partial charge in [-0.15, -0.1) is 0 Å². The van der Waals surface area contributed by atoms with Crippen LogP contribution in [0, 0.1) is 0 Å². The molecule has 0 atom stereocenters. The number of esters is 1. The second-order valence-electron chi connectivity index (χ2n) is 3.45. The number of methoxy groups -OCH3 is 3. The predicted octanol–water partition coefficient (Wildman–Crippen LogP) is 3.29. The Labute approximate surface area is 123 Å². The van der Waals surface area contributed by atoms with Gasteiger partial charge in [0.2, 0.25) is 0 Å². The summed E-state index contributed by atoms with van der Waals surface area (Å²) >= 11 is 3.33. The molecule has 20 heavy (non-hydrogen) atoms. The van der Waals surface area contributed by atoms with E-state index in [1.165, 1.54) is 27.4 Å². The maximum absolute atomic E-state index is 11.4. The molecule has 1 aromatic carbocycles. The summed E-state index contributed by atoms with van der Waals surface area (Å²) in [5.74, 6) is 0.264. The third kappa shape index (κ3) is 3.66. The van der Waals surface area contributed by atoms with E-state index in [1.54, 1.807) is 12.1 Å². The lowest BCUT2D eigenvalue weighted by molar-refractivity contribution is -0.136. The normalized spacial score (nSPS) is 10.5. The summed E-state index contributed by atoms with van der Waals surface area (Å²) in [6.45, 7) is 0. The third-order valence-corrected chi connectivity index (χ3v) is 2.90. The minimum absolute atomic E-state index is 0.158. The molecule has 0 aliphatic rings. The highest BCUT2D eigenvalue weighted by Gasteiger charge is 2.12. The van der Waals surface area contributed by atoms with Gasteiger partial charge < -0.3 is 14.2 Å². The zero-order chi connectivity index (χ0) is 15.1. The van der Waals surface area contributed by atoms with E-state index in [4.69, 9.17) is 15.0 Å². The van der Waals surface area contributed by atoms with E-state index in [-0.39, 0.29) is 5.70 Å². The predicted molar refractivity (Wildman–Crippen MR) is 76.4 cm³/mol. The molecule has 0 aliphatic heterocycles. The Balaban J connectivity index is 3.35. The first-order valence-corrected chi connectivity index (χ1v) is 6.13. The molecule has 0 fully saturated rings. The van der Waals surface area contributed by atoms with Crippen molar-refractivity contribution in [3.8, 4) is 11.5 Å². The van der Waals surface area contributed by atoms with E-state index in [0.29, 0.717) is 21.5 Å². The van der Waals surface area contributed by atoms with Gasteiger partial charge in [0.1, 0.15) is 5.70 Å². The summed E-state index contributed by atoms with van der Waals surface area (Å²) in [4.78, 5) is 14.0. The SMILES string of the molecule is COC(=O)/C(=C/c1cc(Br)c(OC)c(OC)c1)N=[N+]=[N-]. The average molecular weight is 342 g/mol. The van der Waals surface area contributed by atoms with Crippen LogP contribution in [0.2, 0.25) is 0 Å². The fraction of sp³-hybridized carbons (Fsp3) is 0.250. The zero-order valence-electron chi connectivity index (χ0n) is 11.1. The Bertz CT molecular complexity index is 595. The number of halogens is 1. The molecule has 0 unspecified atom stereocenters. The highest BCUT2D eigenvalue weighted by molar-refractivity contribution is 9.10. The van der Waals surface area contributed by atoms with Gasteiger partial charge in [-0.1, -0.05) is 5.11 Å². The number of nitrogens with zero attached hydrogens (tertiary/aromatic N) is 3. The minimum Gasteiger partial charge on any atom is -0.493 e. The maximum Gasteiger partial charge on any atom is 0.340 e. The van der Waals surface area contributed by atoms with E-state index in [2.05, 4.69) is 30.7 Å². The Hall–Kier alpha value is -2.18. The molecular formula is C12H12BrN3O4. The maximum atomic E-state index is 11.4. The topological polar surface area (TPSA) is 93.5 Å². The largest absolute Gasteiger partial charge is 0.493 e. The second kappa shape index (κ2) is 7.42. The summed E-state index contributed by atoms with van der Waals surface area (Å²) in [7, 11) is 4.21. The molecule has 7 nitrogen and oxygen atoms in total. The summed E-state index contributed by atoms with van der Waals surface area (Å²) < 4.78 is 15.5. The molecule has 0 radical (unpaired) electrons. The van der Waals surface area contributed by atoms with E-state index >= 15 is 0 Å². The van der Waals surface area contributed by atoms with Crippen molar-refractivity contribution in [1.29, 1.82) is 0 Å². The fourth-order valence-electron chi connectivity index (χ4n) is 1.46. The minimum atomic E-state index is -0.728. The lowest BCUT2D eigenvalue weighted by Crippen LogP contribution is -2.02. The van der Waals surface area contributed by atoms with Crippen LogP contribution < -0.4 is 9.47 Å². The molecule has 0 aromatic heterocycles. The molecule has 0 aliphatic carbocycles. The van der Waals surface area contributed by atoms with E-state index < -0.39 is 5.97 Å². The zero-order valence-corrected chi connectivity index (χ0v) is 12.7. The number of benzene rings is 1. The quantitative estimate of drug-likeness (QED) is 0.270. The first-order chi connectivity index (χ1) is 9.57. The van der Waals surface area contributed by atoms with Crippen LogP contribution >= 0.6 is 15.9 Å². The summed E-state index contributed by atoms with van der Waals surface area (Å²) in [6.07, 6.45) is 1.39. The van der Waals surface area contributed by atoms with Gasteiger partial charge in [-0.2, -0.15) is 0 Å². The molecule has 1 aromatic rings. The highest BCUT2D eigenvalue weighted by atomic mass is 79.9. The lowest BCUT2D eigenvalue weighted by atomic mass is 10.1. The standard InChI is InChI=1S/C12H12BrN3O4/c1-18-10-6-7(4-8(13)11(10)19-2)5-9(15-16-14)12(17)20-3/h4-6H,1-3H3/b9-5-. The molecular weight excluding hydrogens is 330 g/mol. The number of carbonyl (C=O) groups is 1. The van der Waals surface area contributed by atoms with Gasteiger partial charge in [0.25, 0.3) is 0 Å². The van der Waals surface area contributed by atoms with Crippen LogP contribution in [-0.4, -0.2) is 27.3 Å². The van der Waals surface area contributed by atoms with Crippen LogP contribution in [0.3, 0.4) is 0 Å². The van der Waals surface area contributed by atoms with Crippen molar-refractivity contribution < 1.29 is 19.0 Å². The number of hydrogen-bond donors (Lipinski definition) is 0. The molecule has 0 saturated heterocycles. The van der Waals surface area contributed by atoms with Crippen molar-refractivity contribution in [2.75, 3.05) is 21.3 Å². The van der Waals surface area contributed by atoms with Gasteiger partial charge in [-0.3, -0.25) is 0 Å². The Kier molecular flexibility index (Phi) is 5.89. The molecule has 106 valence electrons. The lowest BCUT2D eigenvalue weighted by Gasteiger charge is -2.10. The van der Waals surface area contributed by atoms with Crippen molar-refractivity contribution in [2.24, 2.45) is 5.11 Å². The van der Waals surface area contributed by atoms with Gasteiger partial charge >= 0.3 is 5.97 Å². The third-order valence-electron chi connectivity index (χ3n) is 2.31. The van der Waals surface area contributed by atoms with E-state index in [9.17, 15) is 4.79 Å². The fourth-order valence-corrected chi connectivity index (χ4v) is 2.08. The van der Waals surface area contributed by atoms with Crippen molar-refractivity contribution >= 4 is 28.0 Å². The van der Waals surface area contributed by atoms with Crippen LogP contribution in [0.25, 0.3) is 16.5 Å². The van der Waals surface area contributed by atoms with E-state index in [1.807, 2.05) is 0 Å². The number of rotatable bonds is 5. The van der Waals surface area contributed by atoms with Crippen molar-refractivity contribution in [2.45, 2.75) is 0 Å². The van der Waals surface area contributed by atoms with Gasteiger partial charge in [0.05, 0.1) is 25.8 Å². The monoisotopic (exact) mass is 341 g/mol. The summed E-state index contributed by atoms with van der Waals surface area (Å²) in [5.41, 5.74) is 8.88. The number of carbonyl (C=O) groups excluding carboxylic acids is 1. The van der Waals surface area contributed by atoms with Crippen LogP contribution in [0.15, 0.2) is 27.4 Å². The Morgan fingerprint density at radius 2 is 2.05 bits per heavy atom. The molecule has 0 amide bonds. The molecule has 0 heterocycles. The van der Waals surface area contributed by atoms with Gasteiger partial charge in [0.15, 0.2) is 11.5 Å². The van der Waals surface area contributed by atoms with Crippen molar-refractivity contribution in [1.82, 2.24) is 0 Å². The van der Waals surface area contributed by atoms with Gasteiger partial charge in [0, 0.05) is 4.91 Å². The van der Waals surface area contributed by atoms with Crippen LogP contribution in [0.4, 0.5) is 0 Å². The molecule has 1 rings (SSSR count). The summed E-state index contributed by atoms with van der Waals surface area (Å²) in [5, 5.41) is 3.30. The molecule has 8 heteroatoms. The Morgan fingerprint density at radius 3 is 2.55 bits per heavy atom. The van der Waals surface area contributed by atoms with Gasteiger partial charge in [-0.05, 0) is 45.2 Å². The van der Waals surface area contributed by atoms with Crippen LogP contribution in [0.1, 0.15) is 5.56 Å². The molecule has 0 bridgehead atoms. The second-order valence-corrected chi connectivity index (χ2v) is 4.30. The van der Waals surface area contributed by atoms with E-state index in [0.717, 1.165) is 0 Å². The van der Waals surface area contributed by atoms with Crippen LogP contribution in [0.5, 0.6) is 11.5 Å². The number of hydrogen-bond acceptors (Lipinski definition) is 5. The number of ether oxygens (including phenoxy) is 3. The van der Waals surface area contributed by atoms with Gasteiger partial charge in [-0.25, -0.2) is 4.79 Å². The Morgan fingerprint density at radius 1 is 1.35 bits per heavy atom. The van der Waals surface area contributed by atoms with Crippen molar-refractivity contribution in [3.05, 3.63) is 38.3 Å². The number of azide groups is 1. The summed E-state index contributed by atoms with van der Waals surface area (Å²) in [6, 6.07) is 3.33.